The Kier molecular flexibility index (Phi) is 11.5. The summed E-state index contributed by atoms with van der Waals surface area (Å²) in [7, 11) is 1.33. The number of methoxy groups -OCH3 is 1. The van der Waals surface area contributed by atoms with E-state index < -0.39 is 18.2 Å². The number of halogens is 4. The number of fused-ring (bicyclic) bond motifs is 4. The van der Waals surface area contributed by atoms with E-state index in [9.17, 15) is 22.8 Å². The number of allylic oxidation sites excluding steroid dienone is 1. The van der Waals surface area contributed by atoms with E-state index in [4.69, 9.17) is 26.2 Å². The smallest absolute Gasteiger partial charge is 0.475 e. The number of imidazole rings is 1. The molecule has 2 aromatic heterocycles. The third-order valence-corrected chi connectivity index (χ3v) is 6.90. The van der Waals surface area contributed by atoms with E-state index in [0.29, 0.717) is 34.2 Å². The molecule has 0 aliphatic carbocycles. The number of nitrogens with zero attached hydrogens (tertiary/aromatic N) is 5. The van der Waals surface area contributed by atoms with Crippen LogP contribution in [0.15, 0.2) is 67.2 Å². The molecule has 0 unspecified atom stereocenters. The number of aryl methyl sites for hydroxylation is 1. The standard InChI is InChI=1S/C28H27ClN8O3.C2HF3O2/c1-40-28(39)32-21-10-11-22-18(15-21)6-4-2-3-5-7-23(27-30-16-24(22)34-27)33-26(38)13-8-19-14-20(29)9-12-25(19)37-17-31-35-36-37;3-2(4,5)1(6)7/h3,5,8-17,23H,2,4,6-7H2,1H3,(H,30,34)(H,32,39)(H,33,38);(H,6,7)/b5-3+,13-8+;/t23-;/m0./s1. The van der Waals surface area contributed by atoms with Crippen molar-refractivity contribution < 1.29 is 37.4 Å². The first-order valence-electron chi connectivity index (χ1n) is 13.9. The third kappa shape index (κ3) is 9.74. The highest BCUT2D eigenvalue weighted by Gasteiger charge is 2.38. The Morgan fingerprint density at radius 3 is 2.66 bits per heavy atom. The highest BCUT2D eigenvalue weighted by molar-refractivity contribution is 6.30. The molecule has 2 aromatic carbocycles. The predicted octanol–water partition coefficient (Wildman–Crippen LogP) is 5.67. The zero-order valence-electron chi connectivity index (χ0n) is 24.7. The summed E-state index contributed by atoms with van der Waals surface area (Å²) in [4.78, 5) is 41.6. The zero-order chi connectivity index (χ0) is 34.0. The Bertz CT molecular complexity index is 1770. The number of aromatic amines is 1. The van der Waals surface area contributed by atoms with Gasteiger partial charge in [-0.3, -0.25) is 10.1 Å². The van der Waals surface area contributed by atoms with Gasteiger partial charge in [0.1, 0.15) is 12.2 Å². The fourth-order valence-electron chi connectivity index (χ4n) is 4.48. The number of alkyl halides is 3. The van der Waals surface area contributed by atoms with Crippen molar-refractivity contribution in [1.29, 1.82) is 0 Å². The maximum atomic E-state index is 13.0. The van der Waals surface area contributed by atoms with Crippen LogP contribution in [0, 0.1) is 0 Å². The lowest BCUT2D eigenvalue weighted by Gasteiger charge is -2.15. The van der Waals surface area contributed by atoms with Gasteiger partial charge in [0.2, 0.25) is 5.91 Å². The first kappa shape index (κ1) is 34.4. The minimum atomic E-state index is -5.08. The summed E-state index contributed by atoms with van der Waals surface area (Å²) in [5.74, 6) is -2.40. The Morgan fingerprint density at radius 2 is 1.96 bits per heavy atom. The van der Waals surface area contributed by atoms with Crippen molar-refractivity contribution >= 4 is 41.3 Å². The molecule has 0 radical (unpaired) electrons. The lowest BCUT2D eigenvalue weighted by Crippen LogP contribution is -2.27. The molecule has 0 fully saturated rings. The van der Waals surface area contributed by atoms with Gasteiger partial charge in [0.15, 0.2) is 0 Å². The number of nitrogens with one attached hydrogen (secondary N) is 3. The van der Waals surface area contributed by atoms with Gasteiger partial charge in [-0.15, -0.1) is 5.10 Å². The van der Waals surface area contributed by atoms with E-state index in [0.717, 1.165) is 36.1 Å². The van der Waals surface area contributed by atoms with Gasteiger partial charge in [-0.25, -0.2) is 14.6 Å². The summed E-state index contributed by atoms with van der Waals surface area (Å²) in [5, 5.41) is 24.7. The minimum absolute atomic E-state index is 0.287. The Labute approximate surface area is 270 Å². The maximum absolute atomic E-state index is 13.0. The number of hydrogen-bond acceptors (Lipinski definition) is 8. The average Bonchev–Trinajstić information content (AvgIpc) is 3.74. The van der Waals surface area contributed by atoms with E-state index in [2.05, 4.69) is 48.3 Å². The number of anilines is 1. The molecule has 1 atom stereocenters. The normalized spacial score (nSPS) is 15.2. The number of amides is 2. The summed E-state index contributed by atoms with van der Waals surface area (Å²) in [6.07, 6.45) is 8.14. The van der Waals surface area contributed by atoms with Crippen LogP contribution < -0.4 is 10.6 Å². The lowest BCUT2D eigenvalue weighted by atomic mass is 9.98. The molecule has 4 aromatic rings. The maximum Gasteiger partial charge on any atom is 0.490 e. The van der Waals surface area contributed by atoms with E-state index in [1.165, 1.54) is 24.2 Å². The van der Waals surface area contributed by atoms with Gasteiger partial charge in [-0.05, 0) is 78.1 Å². The topological polar surface area (TPSA) is 177 Å². The Morgan fingerprint density at radius 1 is 1.17 bits per heavy atom. The third-order valence-electron chi connectivity index (χ3n) is 6.67. The SMILES string of the molecule is COC(=O)Nc1ccc2c(c1)CCC/C=C/C[C@H](NC(=O)/C=C/c1cc(Cl)ccc1-n1cnnn1)c1ncc-2[nH]1.O=C(O)C(F)(F)F. The van der Waals surface area contributed by atoms with Crippen LogP contribution in [0.5, 0.6) is 0 Å². The number of H-pyrrole nitrogens is 1. The number of carboxylic acid groups (broad SMARTS) is 1. The van der Waals surface area contributed by atoms with Crippen LogP contribution in [0.1, 0.15) is 42.3 Å². The summed E-state index contributed by atoms with van der Waals surface area (Å²) in [5.41, 5.74) is 4.92. The molecule has 3 heterocycles. The number of rotatable bonds is 5. The summed E-state index contributed by atoms with van der Waals surface area (Å²) in [6, 6.07) is 10.6. The van der Waals surface area contributed by atoms with Gasteiger partial charge in [-0.1, -0.05) is 29.8 Å². The fraction of sp³-hybridized carbons (Fsp3) is 0.233. The molecular formula is C30H28ClF3N8O5. The van der Waals surface area contributed by atoms with Crippen molar-refractivity contribution in [1.82, 2.24) is 35.5 Å². The summed E-state index contributed by atoms with van der Waals surface area (Å²) >= 11 is 6.20. The molecule has 0 spiro atoms. The number of carboxylic acids is 1. The Hall–Kier alpha value is -5.51. The number of carbonyl (C=O) groups excluding carboxylic acids is 2. The number of hydrogen-bond donors (Lipinski definition) is 4. The molecule has 5 rings (SSSR count). The van der Waals surface area contributed by atoms with Gasteiger partial charge >= 0.3 is 18.2 Å². The summed E-state index contributed by atoms with van der Waals surface area (Å²) in [6.45, 7) is 0. The second kappa shape index (κ2) is 15.7. The average molecular weight is 673 g/mol. The molecular weight excluding hydrogens is 645 g/mol. The fourth-order valence-corrected chi connectivity index (χ4v) is 4.66. The van der Waals surface area contributed by atoms with Crippen LogP contribution in [0.25, 0.3) is 23.0 Å². The molecule has 17 heteroatoms. The number of aromatic nitrogens is 6. The van der Waals surface area contributed by atoms with Crippen molar-refractivity contribution in [3.63, 3.8) is 0 Å². The van der Waals surface area contributed by atoms with E-state index in [-0.39, 0.29) is 11.9 Å². The molecule has 246 valence electrons. The quantitative estimate of drug-likeness (QED) is 0.154. The van der Waals surface area contributed by atoms with Crippen LogP contribution in [0.4, 0.5) is 23.7 Å². The lowest BCUT2D eigenvalue weighted by molar-refractivity contribution is -0.192. The highest BCUT2D eigenvalue weighted by atomic mass is 35.5. The second-order valence-corrected chi connectivity index (χ2v) is 10.4. The molecule has 0 saturated heterocycles. The van der Waals surface area contributed by atoms with E-state index >= 15 is 0 Å². The van der Waals surface area contributed by atoms with Gasteiger partial charge in [0, 0.05) is 27.9 Å². The van der Waals surface area contributed by atoms with Crippen molar-refractivity contribution in [2.24, 2.45) is 0 Å². The molecule has 2 bridgehead atoms. The van der Waals surface area contributed by atoms with Gasteiger partial charge in [0.05, 0.1) is 30.7 Å². The van der Waals surface area contributed by atoms with E-state index in [1.54, 1.807) is 30.5 Å². The number of tetrazole rings is 1. The molecule has 47 heavy (non-hydrogen) atoms. The highest BCUT2D eigenvalue weighted by Crippen LogP contribution is 2.29. The first-order valence-corrected chi connectivity index (χ1v) is 14.3. The summed E-state index contributed by atoms with van der Waals surface area (Å²) < 4.78 is 38.0. The monoisotopic (exact) mass is 672 g/mol. The van der Waals surface area contributed by atoms with Crippen LogP contribution in [0.2, 0.25) is 5.02 Å². The molecule has 1 aliphatic heterocycles. The number of benzene rings is 2. The zero-order valence-corrected chi connectivity index (χ0v) is 25.4. The van der Waals surface area contributed by atoms with Crippen LogP contribution >= 0.6 is 11.6 Å². The van der Waals surface area contributed by atoms with Crippen LogP contribution in [-0.2, 0) is 20.7 Å². The van der Waals surface area contributed by atoms with Gasteiger partial charge in [-0.2, -0.15) is 17.9 Å². The van der Waals surface area contributed by atoms with E-state index in [1.807, 2.05) is 18.2 Å². The molecule has 1 aliphatic rings. The van der Waals surface area contributed by atoms with Crippen molar-refractivity contribution in [3.8, 4) is 16.9 Å². The van der Waals surface area contributed by atoms with Crippen molar-refractivity contribution in [2.75, 3.05) is 12.4 Å². The van der Waals surface area contributed by atoms with Gasteiger partial charge < -0.3 is 20.1 Å². The number of ether oxygens (including phenoxy) is 1. The van der Waals surface area contributed by atoms with Crippen LogP contribution in [-0.4, -0.2) is 66.5 Å². The van der Waals surface area contributed by atoms with Crippen LogP contribution in [0.3, 0.4) is 0 Å². The largest absolute Gasteiger partial charge is 0.490 e. The van der Waals surface area contributed by atoms with Crippen molar-refractivity contribution in [2.45, 2.75) is 37.9 Å². The molecule has 13 nitrogen and oxygen atoms in total. The number of aliphatic carboxylic acids is 1. The Balaban J connectivity index is 0.000000644. The molecule has 4 N–H and O–H groups in total. The van der Waals surface area contributed by atoms with Gasteiger partial charge in [0.25, 0.3) is 0 Å². The molecule has 2 amide bonds. The van der Waals surface area contributed by atoms with Crippen molar-refractivity contribution in [3.05, 3.63) is 89.1 Å². The first-order chi connectivity index (χ1) is 22.4. The second-order valence-electron chi connectivity index (χ2n) is 9.92. The predicted molar refractivity (Wildman–Crippen MR) is 165 cm³/mol. The molecule has 0 saturated carbocycles. The minimum Gasteiger partial charge on any atom is -0.475 e. The number of carbonyl (C=O) groups is 3.